The zero-order valence-electron chi connectivity index (χ0n) is 10.9. The van der Waals surface area contributed by atoms with Gasteiger partial charge in [0.1, 0.15) is 0 Å². The molecule has 0 spiro atoms. The topological polar surface area (TPSA) is 20.2 Å². The van der Waals surface area contributed by atoms with Gasteiger partial charge in [0.2, 0.25) is 0 Å². The summed E-state index contributed by atoms with van der Waals surface area (Å²) in [6.07, 6.45) is 3.19. The molecule has 2 rings (SSSR count). The van der Waals surface area contributed by atoms with Crippen molar-refractivity contribution in [3.63, 3.8) is 0 Å². The van der Waals surface area contributed by atoms with Crippen LogP contribution < -0.4 is 0 Å². The standard InChI is InChI=1S/C17H20O/c1-2-6-16-12-15(13-18)9-10-17(16)11-14-7-4-3-5-8-14/h3-5,7-10,12,18H,2,6,11,13H2,1H3. The Morgan fingerprint density at radius 2 is 1.67 bits per heavy atom. The predicted molar refractivity (Wildman–Crippen MR) is 75.6 cm³/mol. The minimum atomic E-state index is 0.127. The summed E-state index contributed by atoms with van der Waals surface area (Å²) in [4.78, 5) is 0. The number of benzene rings is 2. The normalized spacial score (nSPS) is 10.6. The third-order valence-corrected chi connectivity index (χ3v) is 3.21. The van der Waals surface area contributed by atoms with Gasteiger partial charge in [-0.2, -0.15) is 0 Å². The molecule has 0 fully saturated rings. The second-order valence-electron chi connectivity index (χ2n) is 4.67. The van der Waals surface area contributed by atoms with Crippen LogP contribution in [0.25, 0.3) is 0 Å². The van der Waals surface area contributed by atoms with Crippen LogP contribution in [0.5, 0.6) is 0 Å². The van der Waals surface area contributed by atoms with E-state index in [1.54, 1.807) is 0 Å². The molecule has 0 atom stereocenters. The molecule has 0 radical (unpaired) electrons. The zero-order valence-corrected chi connectivity index (χ0v) is 10.9. The summed E-state index contributed by atoms with van der Waals surface area (Å²) in [5.74, 6) is 0. The number of aliphatic hydroxyl groups excluding tert-OH is 1. The van der Waals surface area contributed by atoms with Crippen molar-refractivity contribution >= 4 is 0 Å². The van der Waals surface area contributed by atoms with Gasteiger partial charge < -0.3 is 5.11 Å². The van der Waals surface area contributed by atoms with Crippen molar-refractivity contribution in [3.8, 4) is 0 Å². The van der Waals surface area contributed by atoms with Gasteiger partial charge in [0.05, 0.1) is 6.61 Å². The fraction of sp³-hybridized carbons (Fsp3) is 0.294. The molecule has 2 aromatic carbocycles. The quantitative estimate of drug-likeness (QED) is 0.844. The molecule has 18 heavy (non-hydrogen) atoms. The summed E-state index contributed by atoms with van der Waals surface area (Å²) in [7, 11) is 0. The van der Waals surface area contributed by atoms with E-state index in [4.69, 9.17) is 0 Å². The molecule has 94 valence electrons. The zero-order chi connectivity index (χ0) is 12.8. The molecular formula is C17H20O. The smallest absolute Gasteiger partial charge is 0.0681 e. The van der Waals surface area contributed by atoms with E-state index in [1.165, 1.54) is 16.7 Å². The van der Waals surface area contributed by atoms with E-state index in [1.807, 2.05) is 12.1 Å². The van der Waals surface area contributed by atoms with Crippen LogP contribution in [0.2, 0.25) is 0 Å². The van der Waals surface area contributed by atoms with Gasteiger partial charge in [-0.15, -0.1) is 0 Å². The summed E-state index contributed by atoms with van der Waals surface area (Å²) in [5.41, 5.74) is 5.09. The second-order valence-corrected chi connectivity index (χ2v) is 4.67. The molecule has 0 aliphatic carbocycles. The average molecular weight is 240 g/mol. The molecule has 0 bridgehead atoms. The molecule has 0 unspecified atom stereocenters. The Morgan fingerprint density at radius 1 is 0.889 bits per heavy atom. The van der Waals surface area contributed by atoms with Crippen molar-refractivity contribution in [2.24, 2.45) is 0 Å². The molecule has 1 heteroatoms. The highest BCUT2D eigenvalue weighted by Crippen LogP contribution is 2.18. The van der Waals surface area contributed by atoms with Crippen LogP contribution in [0.15, 0.2) is 48.5 Å². The van der Waals surface area contributed by atoms with E-state index in [0.717, 1.165) is 24.8 Å². The first-order valence-corrected chi connectivity index (χ1v) is 6.59. The lowest BCUT2D eigenvalue weighted by atomic mass is 9.95. The molecule has 0 aromatic heterocycles. The van der Waals surface area contributed by atoms with E-state index in [2.05, 4.69) is 43.3 Å². The Bertz CT molecular complexity index is 488. The fourth-order valence-electron chi connectivity index (χ4n) is 2.27. The fourth-order valence-corrected chi connectivity index (χ4v) is 2.27. The number of hydrogen-bond donors (Lipinski definition) is 1. The summed E-state index contributed by atoms with van der Waals surface area (Å²) >= 11 is 0. The minimum absolute atomic E-state index is 0.127. The van der Waals surface area contributed by atoms with Crippen molar-refractivity contribution in [3.05, 3.63) is 70.8 Å². The molecule has 0 saturated heterocycles. The first kappa shape index (κ1) is 12.8. The van der Waals surface area contributed by atoms with E-state index in [-0.39, 0.29) is 6.61 Å². The molecule has 0 aliphatic rings. The monoisotopic (exact) mass is 240 g/mol. The van der Waals surface area contributed by atoms with Crippen LogP contribution in [0, 0.1) is 0 Å². The van der Waals surface area contributed by atoms with Crippen molar-refractivity contribution in [1.29, 1.82) is 0 Å². The van der Waals surface area contributed by atoms with Crippen molar-refractivity contribution in [2.75, 3.05) is 0 Å². The number of aliphatic hydroxyl groups is 1. The van der Waals surface area contributed by atoms with E-state index >= 15 is 0 Å². The van der Waals surface area contributed by atoms with Crippen LogP contribution in [-0.4, -0.2) is 5.11 Å². The molecule has 1 nitrogen and oxygen atoms in total. The second kappa shape index (κ2) is 6.36. The third-order valence-electron chi connectivity index (χ3n) is 3.21. The van der Waals surface area contributed by atoms with Crippen LogP contribution in [-0.2, 0) is 19.4 Å². The maximum Gasteiger partial charge on any atom is 0.0681 e. The lowest BCUT2D eigenvalue weighted by Crippen LogP contribution is -1.97. The maximum absolute atomic E-state index is 9.21. The van der Waals surface area contributed by atoms with Crippen LogP contribution >= 0.6 is 0 Å². The summed E-state index contributed by atoms with van der Waals surface area (Å²) in [6, 6.07) is 16.9. The summed E-state index contributed by atoms with van der Waals surface area (Å²) < 4.78 is 0. The Hall–Kier alpha value is -1.60. The Balaban J connectivity index is 2.26. The van der Waals surface area contributed by atoms with Gasteiger partial charge in [-0.3, -0.25) is 0 Å². The molecule has 0 aliphatic heterocycles. The number of hydrogen-bond acceptors (Lipinski definition) is 1. The molecule has 2 aromatic rings. The van der Waals surface area contributed by atoms with E-state index < -0.39 is 0 Å². The summed E-state index contributed by atoms with van der Waals surface area (Å²) in [6.45, 7) is 2.32. The van der Waals surface area contributed by atoms with Crippen molar-refractivity contribution < 1.29 is 5.11 Å². The molecular weight excluding hydrogens is 220 g/mol. The van der Waals surface area contributed by atoms with Gasteiger partial charge in [0.25, 0.3) is 0 Å². The Kier molecular flexibility index (Phi) is 4.54. The molecule has 0 saturated carbocycles. The van der Waals surface area contributed by atoms with Crippen molar-refractivity contribution in [2.45, 2.75) is 32.8 Å². The minimum Gasteiger partial charge on any atom is -0.392 e. The SMILES string of the molecule is CCCc1cc(CO)ccc1Cc1ccccc1. The highest BCUT2D eigenvalue weighted by atomic mass is 16.3. The first-order valence-electron chi connectivity index (χ1n) is 6.59. The van der Waals surface area contributed by atoms with Gasteiger partial charge in [0.15, 0.2) is 0 Å². The van der Waals surface area contributed by atoms with E-state index in [0.29, 0.717) is 0 Å². The Morgan fingerprint density at radius 3 is 2.33 bits per heavy atom. The van der Waals surface area contributed by atoms with Gasteiger partial charge in [-0.1, -0.05) is 61.9 Å². The lowest BCUT2D eigenvalue weighted by Gasteiger charge is -2.11. The van der Waals surface area contributed by atoms with Gasteiger partial charge in [0, 0.05) is 0 Å². The largest absolute Gasteiger partial charge is 0.392 e. The number of aryl methyl sites for hydroxylation is 1. The van der Waals surface area contributed by atoms with Crippen LogP contribution in [0.1, 0.15) is 35.6 Å². The number of rotatable bonds is 5. The van der Waals surface area contributed by atoms with Gasteiger partial charge in [-0.25, -0.2) is 0 Å². The lowest BCUT2D eigenvalue weighted by molar-refractivity contribution is 0.281. The highest BCUT2D eigenvalue weighted by Gasteiger charge is 2.04. The van der Waals surface area contributed by atoms with Crippen LogP contribution in [0.4, 0.5) is 0 Å². The average Bonchev–Trinajstić information content (AvgIpc) is 2.42. The molecule has 0 heterocycles. The molecule has 1 N–H and O–H groups in total. The highest BCUT2D eigenvalue weighted by molar-refractivity contribution is 5.36. The third kappa shape index (κ3) is 3.21. The van der Waals surface area contributed by atoms with Crippen LogP contribution in [0.3, 0.4) is 0 Å². The van der Waals surface area contributed by atoms with Gasteiger partial charge in [-0.05, 0) is 35.1 Å². The molecule has 0 amide bonds. The Labute approximate surface area is 109 Å². The van der Waals surface area contributed by atoms with Crippen molar-refractivity contribution in [1.82, 2.24) is 0 Å². The van der Waals surface area contributed by atoms with E-state index in [9.17, 15) is 5.11 Å². The maximum atomic E-state index is 9.21. The first-order chi connectivity index (χ1) is 8.83. The summed E-state index contributed by atoms with van der Waals surface area (Å²) in [5, 5.41) is 9.21. The predicted octanol–water partition coefficient (Wildman–Crippen LogP) is 3.72. The van der Waals surface area contributed by atoms with Gasteiger partial charge >= 0.3 is 0 Å².